The highest BCUT2D eigenvalue weighted by Gasteiger charge is 2.43. The van der Waals surface area contributed by atoms with Crippen LogP contribution in [0.1, 0.15) is 16.2 Å². The highest BCUT2D eigenvalue weighted by atomic mass is 32.1. The van der Waals surface area contributed by atoms with E-state index in [1.165, 1.54) is 17.4 Å². The molecule has 2 aromatic heterocycles. The van der Waals surface area contributed by atoms with E-state index in [-0.39, 0.29) is 18.2 Å². The third-order valence-corrected chi connectivity index (χ3v) is 5.49. The van der Waals surface area contributed by atoms with E-state index in [1.807, 2.05) is 9.80 Å². The zero-order valence-corrected chi connectivity index (χ0v) is 14.3. The molecule has 2 saturated heterocycles. The van der Waals surface area contributed by atoms with Gasteiger partial charge in [0.05, 0.1) is 18.1 Å². The summed E-state index contributed by atoms with van der Waals surface area (Å²) in [6.07, 6.45) is 1.31. The van der Waals surface area contributed by atoms with Crippen molar-refractivity contribution in [2.24, 2.45) is 11.8 Å². The Hall–Kier alpha value is -2.35. The summed E-state index contributed by atoms with van der Waals surface area (Å²) in [5.41, 5.74) is 2.73. The lowest BCUT2D eigenvalue weighted by atomic mass is 10.0. The average molecular weight is 360 g/mol. The van der Waals surface area contributed by atoms with Crippen LogP contribution in [-0.4, -0.2) is 57.8 Å². The summed E-state index contributed by atoms with van der Waals surface area (Å²) in [4.78, 5) is 36.5. The predicted octanol–water partition coefficient (Wildman–Crippen LogP) is 1.45. The second kappa shape index (κ2) is 6.51. The molecule has 0 saturated carbocycles. The first kappa shape index (κ1) is 16.1. The number of hydrogen-bond acceptors (Lipinski definition) is 5. The van der Waals surface area contributed by atoms with Gasteiger partial charge in [0.1, 0.15) is 11.5 Å². The molecule has 2 atom stereocenters. The highest BCUT2D eigenvalue weighted by molar-refractivity contribution is 7.07. The van der Waals surface area contributed by atoms with Crippen LogP contribution in [0, 0.1) is 17.7 Å². The molecule has 2 unspecified atom stereocenters. The van der Waals surface area contributed by atoms with Gasteiger partial charge in [-0.15, -0.1) is 11.3 Å². The van der Waals surface area contributed by atoms with E-state index in [4.69, 9.17) is 0 Å². The normalized spacial score (nSPS) is 22.3. The van der Waals surface area contributed by atoms with Gasteiger partial charge in [-0.2, -0.15) is 0 Å². The first-order chi connectivity index (χ1) is 12.1. The largest absolute Gasteiger partial charge is 0.342 e. The maximum atomic E-state index is 12.9. The van der Waals surface area contributed by atoms with Crippen molar-refractivity contribution in [2.75, 3.05) is 26.2 Å². The molecular weight excluding hydrogens is 343 g/mol. The maximum Gasteiger partial charge on any atom is 0.273 e. The van der Waals surface area contributed by atoms with Gasteiger partial charge >= 0.3 is 0 Å². The molecule has 25 heavy (non-hydrogen) atoms. The van der Waals surface area contributed by atoms with Gasteiger partial charge in [0.25, 0.3) is 5.91 Å². The monoisotopic (exact) mass is 360 g/mol. The molecule has 2 amide bonds. The Kier molecular flexibility index (Phi) is 4.20. The zero-order valence-electron chi connectivity index (χ0n) is 13.5. The lowest BCUT2D eigenvalue weighted by molar-refractivity contribution is -0.129. The number of hydrogen-bond donors (Lipinski definition) is 0. The number of aromatic nitrogens is 2. The number of fused-ring (bicyclic) bond motifs is 1. The van der Waals surface area contributed by atoms with Crippen LogP contribution >= 0.6 is 11.3 Å². The van der Waals surface area contributed by atoms with Crippen molar-refractivity contribution in [1.29, 1.82) is 0 Å². The number of halogens is 1. The highest BCUT2D eigenvalue weighted by Crippen LogP contribution is 2.32. The quantitative estimate of drug-likeness (QED) is 0.831. The van der Waals surface area contributed by atoms with Crippen LogP contribution < -0.4 is 0 Å². The Bertz CT molecular complexity index is 766. The average Bonchev–Trinajstić information content (AvgIpc) is 3.32. The van der Waals surface area contributed by atoms with E-state index in [1.54, 1.807) is 17.0 Å². The van der Waals surface area contributed by atoms with Crippen molar-refractivity contribution in [2.45, 2.75) is 6.42 Å². The van der Waals surface area contributed by atoms with Crippen molar-refractivity contribution >= 4 is 23.2 Å². The molecule has 8 heteroatoms. The van der Waals surface area contributed by atoms with E-state index in [0.29, 0.717) is 49.4 Å². The second-order valence-corrected chi connectivity index (χ2v) is 7.27. The van der Waals surface area contributed by atoms with Crippen molar-refractivity contribution in [1.82, 2.24) is 19.8 Å². The van der Waals surface area contributed by atoms with Gasteiger partial charge in [0, 0.05) is 49.1 Å². The number of carbonyl (C=O) groups excluding carboxylic acids is 2. The number of likely N-dealkylation sites (tertiary alicyclic amines) is 2. The van der Waals surface area contributed by atoms with Crippen LogP contribution in [0.2, 0.25) is 0 Å². The molecule has 2 fully saturated rings. The van der Waals surface area contributed by atoms with Gasteiger partial charge in [-0.3, -0.25) is 14.6 Å². The third-order valence-electron chi connectivity index (χ3n) is 4.90. The maximum absolute atomic E-state index is 12.9. The van der Waals surface area contributed by atoms with Crippen LogP contribution in [0.15, 0.2) is 29.2 Å². The molecule has 0 radical (unpaired) electrons. The summed E-state index contributed by atoms with van der Waals surface area (Å²) in [6, 6.07) is 2.86. The molecule has 2 aliphatic rings. The molecule has 0 aliphatic carbocycles. The molecular formula is C17H17FN4O2S. The minimum atomic E-state index is -0.406. The van der Waals surface area contributed by atoms with Crippen molar-refractivity contribution < 1.29 is 14.0 Å². The molecule has 0 bridgehead atoms. The molecule has 2 aliphatic heterocycles. The van der Waals surface area contributed by atoms with Crippen molar-refractivity contribution in [3.8, 4) is 0 Å². The summed E-state index contributed by atoms with van der Waals surface area (Å²) in [5.74, 6) is 0.201. The lowest BCUT2D eigenvalue weighted by Crippen LogP contribution is -2.36. The SMILES string of the molecule is O=C(Cc1ccc(F)cn1)N1CC2CN(C(=O)c3cscn3)CC2C1. The number of thiazole rings is 1. The van der Waals surface area contributed by atoms with Crippen molar-refractivity contribution in [3.63, 3.8) is 0 Å². The first-order valence-corrected chi connectivity index (χ1v) is 9.10. The minimum absolute atomic E-state index is 0.00545. The molecule has 4 rings (SSSR count). The topological polar surface area (TPSA) is 66.4 Å². The van der Waals surface area contributed by atoms with Gasteiger partial charge in [-0.1, -0.05) is 0 Å². The molecule has 6 nitrogen and oxygen atoms in total. The number of rotatable bonds is 3. The van der Waals surface area contributed by atoms with E-state index in [9.17, 15) is 14.0 Å². The predicted molar refractivity (Wildman–Crippen MR) is 89.5 cm³/mol. The minimum Gasteiger partial charge on any atom is -0.342 e. The lowest BCUT2D eigenvalue weighted by Gasteiger charge is -2.21. The Labute approximate surface area is 148 Å². The molecule has 2 aromatic rings. The van der Waals surface area contributed by atoms with Gasteiger partial charge in [-0.05, 0) is 12.1 Å². The fraction of sp³-hybridized carbons (Fsp3) is 0.412. The van der Waals surface area contributed by atoms with Gasteiger partial charge in [-0.25, -0.2) is 9.37 Å². The standard InChI is InChI=1S/C17H17FN4O2S/c18-13-1-2-14(19-4-13)3-16(23)21-5-11-7-22(8-12(11)6-21)17(24)15-9-25-10-20-15/h1-2,4,9-12H,3,5-8H2. The van der Waals surface area contributed by atoms with Gasteiger partial charge < -0.3 is 9.80 Å². The second-order valence-electron chi connectivity index (χ2n) is 6.55. The van der Waals surface area contributed by atoms with Crippen LogP contribution in [-0.2, 0) is 11.2 Å². The Balaban J connectivity index is 1.33. The summed E-state index contributed by atoms with van der Waals surface area (Å²) >= 11 is 1.41. The Morgan fingerprint density at radius 3 is 2.44 bits per heavy atom. The molecule has 130 valence electrons. The number of pyridine rings is 1. The molecule has 0 N–H and O–H groups in total. The van der Waals surface area contributed by atoms with Crippen LogP contribution in [0.4, 0.5) is 4.39 Å². The number of nitrogens with zero attached hydrogens (tertiary/aromatic N) is 4. The molecule has 0 spiro atoms. The van der Waals surface area contributed by atoms with E-state index in [2.05, 4.69) is 9.97 Å². The summed E-state index contributed by atoms with van der Waals surface area (Å²) < 4.78 is 12.9. The fourth-order valence-electron chi connectivity index (χ4n) is 3.62. The van der Waals surface area contributed by atoms with Crippen LogP contribution in [0.3, 0.4) is 0 Å². The Morgan fingerprint density at radius 2 is 1.84 bits per heavy atom. The van der Waals surface area contributed by atoms with Gasteiger partial charge in [0.2, 0.25) is 5.91 Å². The van der Waals surface area contributed by atoms with Crippen molar-refractivity contribution in [3.05, 3.63) is 46.4 Å². The molecule has 4 heterocycles. The summed E-state index contributed by atoms with van der Waals surface area (Å²) in [6.45, 7) is 2.65. The molecule has 0 aromatic carbocycles. The first-order valence-electron chi connectivity index (χ1n) is 8.16. The summed E-state index contributed by atoms with van der Waals surface area (Å²) in [7, 11) is 0. The smallest absolute Gasteiger partial charge is 0.273 e. The number of amides is 2. The summed E-state index contributed by atoms with van der Waals surface area (Å²) in [5, 5.41) is 1.77. The fourth-order valence-corrected chi connectivity index (χ4v) is 4.15. The Morgan fingerprint density at radius 1 is 1.12 bits per heavy atom. The van der Waals surface area contributed by atoms with E-state index < -0.39 is 5.82 Å². The van der Waals surface area contributed by atoms with Gasteiger partial charge in [0.15, 0.2) is 0 Å². The van der Waals surface area contributed by atoms with E-state index >= 15 is 0 Å². The van der Waals surface area contributed by atoms with Crippen LogP contribution in [0.25, 0.3) is 0 Å². The van der Waals surface area contributed by atoms with Crippen LogP contribution in [0.5, 0.6) is 0 Å². The third kappa shape index (κ3) is 3.26. The number of carbonyl (C=O) groups is 2. The zero-order chi connectivity index (χ0) is 17.4. The van der Waals surface area contributed by atoms with E-state index in [0.717, 1.165) is 6.20 Å².